The first-order chi connectivity index (χ1) is 45.1. The van der Waals surface area contributed by atoms with E-state index in [2.05, 4.69) is 18.2 Å². The van der Waals surface area contributed by atoms with E-state index in [1.807, 2.05) is 212 Å². The molecule has 14 aromatic rings. The smallest absolute Gasteiger partial charge is 0.309 e. The van der Waals surface area contributed by atoms with Crippen molar-refractivity contribution in [2.24, 2.45) is 0 Å². The second kappa shape index (κ2) is 22.7. The molecule has 0 fully saturated rings. The van der Waals surface area contributed by atoms with Crippen molar-refractivity contribution >= 4 is 49.9 Å². The quantitative estimate of drug-likeness (QED) is 0.135. The number of alkyl halides is 3. The molecule has 6 nitrogen and oxygen atoms in total. The van der Waals surface area contributed by atoms with Crippen LogP contribution in [0, 0.1) is 11.6 Å². The Balaban J connectivity index is 0.982. The Labute approximate surface area is 525 Å². The molecule has 440 valence electrons. The average Bonchev–Trinajstić information content (AvgIpc) is 1.54. The Morgan fingerprint density at radius 2 is 0.880 bits per heavy atom. The number of aromatic nitrogens is 6. The lowest BCUT2D eigenvalue weighted by molar-refractivity contribution is -0.137. The maximum Gasteiger partial charge on any atom is 0.418 e. The lowest BCUT2D eigenvalue weighted by Gasteiger charge is -2.23. The molecule has 2 aliphatic rings. The lowest BCUT2D eigenvalue weighted by Crippen LogP contribution is -2.32. The fourth-order valence-corrected chi connectivity index (χ4v) is 13.5. The van der Waals surface area contributed by atoms with Gasteiger partial charge in [-0.15, -0.1) is 0 Å². The summed E-state index contributed by atoms with van der Waals surface area (Å²) >= 11 is 0. The van der Waals surface area contributed by atoms with Gasteiger partial charge in [-0.25, -0.2) is 8.78 Å². The van der Waals surface area contributed by atoms with Crippen molar-refractivity contribution in [3.05, 3.63) is 319 Å². The van der Waals surface area contributed by atoms with Gasteiger partial charge in [0.25, 0.3) is 0 Å². The van der Waals surface area contributed by atoms with E-state index >= 15 is 22.0 Å². The second-order valence-corrected chi connectivity index (χ2v) is 23.0. The van der Waals surface area contributed by atoms with Gasteiger partial charge in [-0.1, -0.05) is 170 Å². The number of pyridine rings is 4. The zero-order valence-corrected chi connectivity index (χ0v) is 49.1. The minimum atomic E-state index is -5.03. The Bertz CT molecular complexity index is 5370. The molecule has 0 N–H and O–H groups in total. The molecule has 0 spiro atoms. The molecule has 11 heteroatoms. The van der Waals surface area contributed by atoms with Gasteiger partial charge in [0.15, 0.2) is 0 Å². The number of nitrogens with zero attached hydrogens (tertiary/aromatic N) is 6. The average molecular weight is 1200 g/mol. The van der Waals surface area contributed by atoms with Crippen LogP contribution in [0.4, 0.5) is 22.0 Å². The number of halogens is 5. The molecule has 0 aliphatic heterocycles. The monoisotopic (exact) mass is 1200 g/mol. The molecule has 2 aliphatic carbocycles. The first-order valence-corrected chi connectivity index (χ1v) is 30.3. The van der Waals surface area contributed by atoms with E-state index in [0.29, 0.717) is 45.9 Å². The van der Waals surface area contributed by atoms with E-state index in [-0.39, 0.29) is 16.9 Å². The molecular weight excluding hydrogens is 1150 g/mol. The van der Waals surface area contributed by atoms with E-state index in [9.17, 15) is 0 Å². The van der Waals surface area contributed by atoms with Crippen molar-refractivity contribution in [1.82, 2.24) is 29.1 Å². The van der Waals surface area contributed by atoms with Crippen molar-refractivity contribution < 1.29 is 22.0 Å². The van der Waals surface area contributed by atoms with Crippen molar-refractivity contribution in [3.8, 4) is 89.7 Å². The van der Waals surface area contributed by atoms with Gasteiger partial charge >= 0.3 is 6.18 Å². The fourth-order valence-electron chi connectivity index (χ4n) is 13.5. The Kier molecular flexibility index (Phi) is 13.7. The fraction of sp³-hybridized carbons (Fsp3) is 0.0370. The number of allylic oxidation sites excluding steroid dienone is 5. The lowest BCUT2D eigenvalue weighted by atomic mass is 9.92. The normalized spacial score (nSPS) is 14.2. The predicted octanol–water partition coefficient (Wildman–Crippen LogP) is 19.4. The second-order valence-electron chi connectivity index (χ2n) is 23.0. The molecule has 0 bridgehead atoms. The van der Waals surface area contributed by atoms with Gasteiger partial charge in [-0.2, -0.15) is 13.2 Å². The maximum absolute atomic E-state index is 17.2. The highest BCUT2D eigenvalue weighted by molar-refractivity contribution is 6.12. The van der Waals surface area contributed by atoms with Crippen LogP contribution in [0.15, 0.2) is 280 Å². The molecule has 0 radical (unpaired) electrons. The van der Waals surface area contributed by atoms with Crippen molar-refractivity contribution in [2.75, 3.05) is 0 Å². The first kappa shape index (κ1) is 55.6. The van der Waals surface area contributed by atoms with E-state index in [0.717, 1.165) is 118 Å². The molecule has 8 aromatic carbocycles. The summed E-state index contributed by atoms with van der Waals surface area (Å²) in [6, 6.07) is 68.3. The minimum Gasteiger partial charge on any atom is -0.309 e. The molecule has 92 heavy (non-hydrogen) atoms. The molecule has 0 unspecified atom stereocenters. The van der Waals surface area contributed by atoms with Crippen LogP contribution in [0.3, 0.4) is 0 Å². The molecule has 6 aromatic heterocycles. The topological polar surface area (TPSA) is 61.4 Å². The van der Waals surface area contributed by atoms with E-state index in [1.165, 1.54) is 12.1 Å². The summed E-state index contributed by atoms with van der Waals surface area (Å²) in [4.78, 5) is 19.4. The Hall–Kier alpha value is -11.7. The van der Waals surface area contributed by atoms with Gasteiger partial charge in [-0.3, -0.25) is 19.9 Å². The molecule has 16 rings (SSSR count). The summed E-state index contributed by atoms with van der Waals surface area (Å²) in [6.45, 7) is 0. The number of benzene rings is 8. The van der Waals surface area contributed by atoms with Crippen LogP contribution in [0.1, 0.15) is 23.2 Å². The van der Waals surface area contributed by atoms with Gasteiger partial charge in [0.2, 0.25) is 0 Å². The van der Waals surface area contributed by atoms with E-state index in [1.54, 1.807) is 33.9 Å². The SMILES string of the molecule is Fc1cccc(F)c1-c1cc(-n2c3ccc(-c4cccnc4-c4ccccc4)cc3c3cc(-c4cccnc4-c4ccccc4)ccc32)c(C(F)(F)F)cc1-n1c2c(c3cc(-c4cccnc4-c4ccccc4)ccc31)CC(=c1cccnc1=C1C=CC=CC1)C=C2. The Morgan fingerprint density at radius 1 is 0.380 bits per heavy atom. The third kappa shape index (κ3) is 9.64. The van der Waals surface area contributed by atoms with Crippen LogP contribution in [0.5, 0.6) is 0 Å². The summed E-state index contributed by atoms with van der Waals surface area (Å²) in [7, 11) is 0. The highest BCUT2D eigenvalue weighted by atomic mass is 19.4. The zero-order valence-electron chi connectivity index (χ0n) is 49.1. The highest BCUT2D eigenvalue weighted by Gasteiger charge is 2.38. The van der Waals surface area contributed by atoms with Crippen LogP contribution >= 0.6 is 0 Å². The van der Waals surface area contributed by atoms with Crippen molar-refractivity contribution in [3.63, 3.8) is 0 Å². The van der Waals surface area contributed by atoms with Crippen LogP contribution in [0.2, 0.25) is 0 Å². The molecule has 0 saturated carbocycles. The predicted molar refractivity (Wildman–Crippen MR) is 360 cm³/mol. The molecule has 6 heterocycles. The first-order valence-electron chi connectivity index (χ1n) is 30.3. The molecule has 0 amide bonds. The summed E-state index contributed by atoms with van der Waals surface area (Å²) in [5, 5.41) is 3.75. The summed E-state index contributed by atoms with van der Waals surface area (Å²) in [5.41, 5.74) is 12.5. The summed E-state index contributed by atoms with van der Waals surface area (Å²) in [6.07, 6.45) is 15.1. The zero-order chi connectivity index (χ0) is 62.0. The number of rotatable bonds is 9. The van der Waals surface area contributed by atoms with Crippen LogP contribution in [-0.2, 0) is 12.6 Å². The third-order valence-corrected chi connectivity index (χ3v) is 17.7. The third-order valence-electron chi connectivity index (χ3n) is 17.7. The van der Waals surface area contributed by atoms with Crippen LogP contribution < -0.4 is 10.6 Å². The van der Waals surface area contributed by atoms with E-state index < -0.39 is 28.9 Å². The number of hydrogen-bond donors (Lipinski definition) is 0. The molecule has 0 atom stereocenters. The number of fused-ring (bicyclic) bond motifs is 6. The molecule has 0 saturated heterocycles. The standard InChI is InChI=1S/C81H51F5N6/c82-68-30-13-31-69(83)76(68)66-48-75(92-72-38-34-56(60-28-16-42-89-79(60)52-22-9-3-10-23-52)46-64(72)65-47-57(35-39-73(65)92)61-29-17-43-90-80(61)53-24-11-4-12-25-53)67(81(84,85)86)49-74(66)91-70-36-32-54(58-26-14-40-87-77(58)50-18-5-1-6-19-50)44-62(70)63-45-55(33-37-71(63)91)59-27-15-41-88-78(59)51-20-7-2-8-21-51/h1-20,22-44,46-49H,21,45H2. The number of hydrogen-bond acceptors (Lipinski definition) is 4. The van der Waals surface area contributed by atoms with Gasteiger partial charge < -0.3 is 9.13 Å². The molecular formula is C81H51F5N6. The van der Waals surface area contributed by atoms with Gasteiger partial charge in [0, 0.05) is 91.5 Å². The van der Waals surface area contributed by atoms with Crippen molar-refractivity contribution in [2.45, 2.75) is 19.0 Å². The van der Waals surface area contributed by atoms with E-state index in [4.69, 9.17) is 19.9 Å². The maximum atomic E-state index is 17.2. The summed E-state index contributed by atoms with van der Waals surface area (Å²) in [5.74, 6) is -1.89. The highest BCUT2D eigenvalue weighted by Crippen LogP contribution is 2.48. The van der Waals surface area contributed by atoms with Gasteiger partial charge in [0.05, 0.1) is 67.2 Å². The summed E-state index contributed by atoms with van der Waals surface area (Å²) < 4.78 is 88.7. The van der Waals surface area contributed by atoms with Crippen LogP contribution in [-0.4, -0.2) is 29.1 Å². The minimum absolute atomic E-state index is 0.0688. The van der Waals surface area contributed by atoms with Gasteiger partial charge in [0.1, 0.15) is 11.6 Å². The van der Waals surface area contributed by atoms with Crippen molar-refractivity contribution in [1.29, 1.82) is 0 Å². The van der Waals surface area contributed by atoms with Crippen LogP contribution in [0.25, 0.3) is 140 Å². The Morgan fingerprint density at radius 3 is 1.39 bits per heavy atom. The van der Waals surface area contributed by atoms with Gasteiger partial charge in [-0.05, 0) is 131 Å². The largest absolute Gasteiger partial charge is 0.418 e.